The van der Waals surface area contributed by atoms with Crippen LogP contribution in [-0.2, 0) is 4.79 Å². The summed E-state index contributed by atoms with van der Waals surface area (Å²) in [7, 11) is 0. The third kappa shape index (κ3) is 4.15. The summed E-state index contributed by atoms with van der Waals surface area (Å²) in [5.74, 6) is 0.0701. The smallest absolute Gasteiger partial charge is 0.325 e. The van der Waals surface area contributed by atoms with Crippen molar-refractivity contribution in [1.29, 1.82) is 0 Å². The first-order valence-electron chi connectivity index (χ1n) is 6.48. The molecular formula is C15H23NO2. The van der Waals surface area contributed by atoms with Crippen LogP contribution in [0, 0.1) is 5.92 Å². The maximum atomic E-state index is 11.3. The lowest BCUT2D eigenvalue weighted by molar-refractivity contribution is -0.139. The lowest BCUT2D eigenvalue weighted by Crippen LogP contribution is -2.31. The van der Waals surface area contributed by atoms with Crippen LogP contribution in [0.3, 0.4) is 0 Å². The molecule has 0 heterocycles. The van der Waals surface area contributed by atoms with Crippen LogP contribution in [-0.4, -0.2) is 17.6 Å². The number of carboxylic acid groups (broad SMARTS) is 1. The van der Waals surface area contributed by atoms with E-state index in [4.69, 9.17) is 0 Å². The molecule has 0 bridgehead atoms. The van der Waals surface area contributed by atoms with Crippen molar-refractivity contribution in [2.24, 2.45) is 5.92 Å². The molecule has 1 aromatic rings. The minimum atomic E-state index is -0.826. The van der Waals surface area contributed by atoms with Crippen LogP contribution in [0.1, 0.15) is 50.8 Å². The monoisotopic (exact) mass is 249 g/mol. The van der Waals surface area contributed by atoms with Gasteiger partial charge in [-0.25, -0.2) is 0 Å². The van der Waals surface area contributed by atoms with Crippen molar-refractivity contribution in [2.45, 2.75) is 39.7 Å². The lowest BCUT2D eigenvalue weighted by Gasteiger charge is -2.17. The van der Waals surface area contributed by atoms with E-state index in [1.54, 1.807) is 0 Å². The van der Waals surface area contributed by atoms with Crippen molar-refractivity contribution >= 4 is 5.97 Å². The quantitative estimate of drug-likeness (QED) is 0.814. The normalized spacial score (nSPS) is 13.0. The summed E-state index contributed by atoms with van der Waals surface area (Å²) in [4.78, 5) is 11.3. The highest BCUT2D eigenvalue weighted by Gasteiger charge is 2.19. The number of hydrogen-bond donors (Lipinski definition) is 2. The van der Waals surface area contributed by atoms with Crippen LogP contribution in [0.4, 0.5) is 0 Å². The van der Waals surface area contributed by atoms with E-state index in [1.807, 2.05) is 24.3 Å². The van der Waals surface area contributed by atoms with E-state index in [0.717, 1.165) is 5.56 Å². The molecule has 0 saturated heterocycles. The standard InChI is InChI=1S/C15H23NO2/c1-10(2)9-16-14(15(17)18)13-7-5-12(6-8-13)11(3)4/h5-8,10-11,14,16H,9H2,1-4H3,(H,17,18). The molecule has 0 spiro atoms. The van der Waals surface area contributed by atoms with Gasteiger partial charge in [-0.3, -0.25) is 4.79 Å². The first-order chi connectivity index (χ1) is 8.41. The lowest BCUT2D eigenvalue weighted by atomic mass is 9.99. The van der Waals surface area contributed by atoms with Gasteiger partial charge in [0.1, 0.15) is 6.04 Å². The molecule has 0 fully saturated rings. The molecule has 0 amide bonds. The minimum absolute atomic E-state index is 0.432. The molecule has 2 N–H and O–H groups in total. The number of carbonyl (C=O) groups is 1. The Kier molecular flexibility index (Phi) is 5.35. The molecule has 100 valence electrons. The zero-order valence-electron chi connectivity index (χ0n) is 11.6. The van der Waals surface area contributed by atoms with Gasteiger partial charge in [0.2, 0.25) is 0 Å². The largest absolute Gasteiger partial charge is 0.480 e. The molecule has 0 aliphatic heterocycles. The van der Waals surface area contributed by atoms with Crippen molar-refractivity contribution in [3.8, 4) is 0 Å². The van der Waals surface area contributed by atoms with Gasteiger partial charge in [0.15, 0.2) is 0 Å². The average molecular weight is 249 g/mol. The predicted octanol–water partition coefficient (Wildman–Crippen LogP) is 3.18. The fourth-order valence-electron chi connectivity index (χ4n) is 1.77. The van der Waals surface area contributed by atoms with Gasteiger partial charge in [-0.05, 0) is 29.5 Å². The van der Waals surface area contributed by atoms with Crippen molar-refractivity contribution in [3.63, 3.8) is 0 Å². The second kappa shape index (κ2) is 6.55. The van der Waals surface area contributed by atoms with Crippen LogP contribution >= 0.6 is 0 Å². The van der Waals surface area contributed by atoms with Gasteiger partial charge in [0, 0.05) is 0 Å². The zero-order valence-corrected chi connectivity index (χ0v) is 11.6. The van der Waals surface area contributed by atoms with Crippen molar-refractivity contribution in [1.82, 2.24) is 5.32 Å². The Morgan fingerprint density at radius 1 is 1.11 bits per heavy atom. The maximum Gasteiger partial charge on any atom is 0.325 e. The number of benzene rings is 1. The second-order valence-electron chi connectivity index (χ2n) is 5.39. The number of hydrogen-bond acceptors (Lipinski definition) is 2. The van der Waals surface area contributed by atoms with E-state index in [0.29, 0.717) is 18.4 Å². The summed E-state index contributed by atoms with van der Waals surface area (Å²) in [5, 5.41) is 12.3. The zero-order chi connectivity index (χ0) is 13.7. The molecule has 18 heavy (non-hydrogen) atoms. The Labute approximate surface area is 109 Å². The van der Waals surface area contributed by atoms with Gasteiger partial charge >= 0.3 is 5.97 Å². The fraction of sp³-hybridized carbons (Fsp3) is 0.533. The second-order valence-corrected chi connectivity index (χ2v) is 5.39. The third-order valence-electron chi connectivity index (χ3n) is 2.91. The Balaban J connectivity index is 2.82. The minimum Gasteiger partial charge on any atom is -0.480 e. The highest BCUT2D eigenvalue weighted by molar-refractivity contribution is 5.75. The van der Waals surface area contributed by atoms with E-state index >= 15 is 0 Å². The van der Waals surface area contributed by atoms with Crippen LogP contribution < -0.4 is 5.32 Å². The molecule has 0 saturated carbocycles. The van der Waals surface area contributed by atoms with Crippen LogP contribution in [0.15, 0.2) is 24.3 Å². The summed E-state index contributed by atoms with van der Waals surface area (Å²) in [6.07, 6.45) is 0. The van der Waals surface area contributed by atoms with Crippen molar-refractivity contribution < 1.29 is 9.90 Å². The van der Waals surface area contributed by atoms with Gasteiger partial charge < -0.3 is 10.4 Å². The van der Waals surface area contributed by atoms with Crippen LogP contribution in [0.2, 0.25) is 0 Å². The summed E-state index contributed by atoms with van der Waals surface area (Å²) >= 11 is 0. The van der Waals surface area contributed by atoms with Crippen LogP contribution in [0.5, 0.6) is 0 Å². The molecular weight excluding hydrogens is 226 g/mol. The average Bonchev–Trinajstić information content (AvgIpc) is 2.29. The van der Waals surface area contributed by atoms with E-state index < -0.39 is 12.0 Å². The van der Waals surface area contributed by atoms with Gasteiger partial charge in [-0.2, -0.15) is 0 Å². The molecule has 0 aliphatic rings. The van der Waals surface area contributed by atoms with E-state index in [1.165, 1.54) is 5.56 Å². The van der Waals surface area contributed by atoms with Crippen molar-refractivity contribution in [3.05, 3.63) is 35.4 Å². The molecule has 0 aliphatic carbocycles. The fourth-order valence-corrected chi connectivity index (χ4v) is 1.77. The van der Waals surface area contributed by atoms with Crippen LogP contribution in [0.25, 0.3) is 0 Å². The molecule has 1 unspecified atom stereocenters. The Bertz CT molecular complexity index is 382. The first-order valence-corrected chi connectivity index (χ1v) is 6.48. The summed E-state index contributed by atoms with van der Waals surface area (Å²) in [6, 6.07) is 7.21. The third-order valence-corrected chi connectivity index (χ3v) is 2.91. The van der Waals surface area contributed by atoms with E-state index in [-0.39, 0.29) is 0 Å². The topological polar surface area (TPSA) is 49.3 Å². The summed E-state index contributed by atoms with van der Waals surface area (Å²) in [5.41, 5.74) is 2.04. The summed E-state index contributed by atoms with van der Waals surface area (Å²) < 4.78 is 0. The Morgan fingerprint density at radius 2 is 1.61 bits per heavy atom. The van der Waals surface area contributed by atoms with Gasteiger partial charge in [0.05, 0.1) is 0 Å². The van der Waals surface area contributed by atoms with Gasteiger partial charge in [-0.1, -0.05) is 52.0 Å². The number of rotatable bonds is 6. The highest BCUT2D eigenvalue weighted by Crippen LogP contribution is 2.19. The molecule has 1 rings (SSSR count). The molecule has 1 aromatic carbocycles. The molecule has 3 nitrogen and oxygen atoms in total. The number of nitrogens with one attached hydrogen (secondary N) is 1. The molecule has 1 atom stereocenters. The Morgan fingerprint density at radius 3 is 2.00 bits per heavy atom. The van der Waals surface area contributed by atoms with E-state index in [2.05, 4.69) is 33.0 Å². The molecule has 3 heteroatoms. The summed E-state index contributed by atoms with van der Waals surface area (Å²) in [6.45, 7) is 9.08. The first kappa shape index (κ1) is 14.7. The van der Waals surface area contributed by atoms with Crippen molar-refractivity contribution in [2.75, 3.05) is 6.54 Å². The SMILES string of the molecule is CC(C)CNC(C(=O)O)c1ccc(C(C)C)cc1. The van der Waals surface area contributed by atoms with Gasteiger partial charge in [-0.15, -0.1) is 0 Å². The predicted molar refractivity (Wildman–Crippen MR) is 73.7 cm³/mol. The number of aliphatic carboxylic acids is 1. The number of carboxylic acids is 1. The molecule has 0 radical (unpaired) electrons. The highest BCUT2D eigenvalue weighted by atomic mass is 16.4. The van der Waals surface area contributed by atoms with Gasteiger partial charge in [0.25, 0.3) is 0 Å². The maximum absolute atomic E-state index is 11.3. The van der Waals surface area contributed by atoms with E-state index in [9.17, 15) is 9.90 Å². The molecule has 0 aromatic heterocycles. The Hall–Kier alpha value is -1.35.